The summed E-state index contributed by atoms with van der Waals surface area (Å²) in [5.41, 5.74) is -5.37. The maximum atomic E-state index is 13.2. The first kappa shape index (κ1) is 24.1. The lowest BCUT2D eigenvalue weighted by Gasteiger charge is -2.24. The predicted octanol–water partition coefficient (Wildman–Crippen LogP) is 6.37. The third kappa shape index (κ3) is 4.75. The minimum absolute atomic E-state index is 0.0221. The largest absolute Gasteiger partial charge is 0.534 e. The van der Waals surface area contributed by atoms with E-state index in [2.05, 4.69) is 19.5 Å². The lowest BCUT2D eigenvalue weighted by Crippen LogP contribution is -2.29. The van der Waals surface area contributed by atoms with Gasteiger partial charge in [0.25, 0.3) is 0 Å². The molecule has 0 aliphatic carbocycles. The van der Waals surface area contributed by atoms with E-state index in [-0.39, 0.29) is 21.1 Å². The van der Waals surface area contributed by atoms with Gasteiger partial charge < -0.3 is 9.50 Å². The van der Waals surface area contributed by atoms with E-state index in [9.17, 15) is 21.6 Å². The summed E-state index contributed by atoms with van der Waals surface area (Å²) < 4.78 is 68.4. The Bertz CT molecular complexity index is 1450. The van der Waals surface area contributed by atoms with E-state index in [1.165, 1.54) is 18.5 Å². The molecule has 0 aliphatic heterocycles. The number of nitrogens with zero attached hydrogens (tertiary/aromatic N) is 2. The highest BCUT2D eigenvalue weighted by atomic mass is 35.5. The summed E-state index contributed by atoms with van der Waals surface area (Å²) in [6, 6.07) is 14.9. The van der Waals surface area contributed by atoms with Crippen molar-refractivity contribution in [2.45, 2.75) is 11.6 Å². The van der Waals surface area contributed by atoms with Crippen molar-refractivity contribution >= 4 is 50.0 Å². The average molecular weight is 528 g/mol. The first-order valence-electron chi connectivity index (χ1n) is 9.58. The topological polar surface area (TPSA) is 81.2 Å². The summed E-state index contributed by atoms with van der Waals surface area (Å²) in [7, 11) is -6.01. The Balaban J connectivity index is 1.99. The van der Waals surface area contributed by atoms with Gasteiger partial charge in [-0.3, -0.25) is 4.98 Å². The lowest BCUT2D eigenvalue weighted by molar-refractivity contribution is -0.0499. The summed E-state index contributed by atoms with van der Waals surface area (Å²) in [5, 5.41) is 3.74. The van der Waals surface area contributed by atoms with Crippen molar-refractivity contribution in [3.8, 4) is 5.75 Å². The number of rotatable bonds is 6. The van der Waals surface area contributed by atoms with Crippen LogP contribution in [0.4, 0.5) is 19.0 Å². The van der Waals surface area contributed by atoms with E-state index in [0.29, 0.717) is 16.8 Å². The SMILES string of the molecule is O=S(=O)(Oc1c(C(Nc2ccccn2)c2cccc(Cl)c2Cl)ccc2cccnc12)C(F)(F)F. The second-order valence-corrected chi connectivity index (χ2v) is 9.30. The quantitative estimate of drug-likeness (QED) is 0.232. The molecule has 4 rings (SSSR count). The number of anilines is 1. The molecule has 0 aliphatic rings. The number of hydrogen-bond acceptors (Lipinski definition) is 6. The van der Waals surface area contributed by atoms with Crippen molar-refractivity contribution in [2.24, 2.45) is 0 Å². The molecule has 0 radical (unpaired) electrons. The Morgan fingerprint density at radius 2 is 1.65 bits per heavy atom. The fourth-order valence-electron chi connectivity index (χ4n) is 3.27. The highest BCUT2D eigenvalue weighted by Crippen LogP contribution is 2.42. The van der Waals surface area contributed by atoms with Gasteiger partial charge >= 0.3 is 15.6 Å². The second kappa shape index (κ2) is 9.28. The molecular formula is C22H14Cl2F3N3O3S. The normalized spacial score (nSPS) is 13.0. The number of fused-ring (bicyclic) bond motifs is 1. The van der Waals surface area contributed by atoms with Crippen LogP contribution in [0.1, 0.15) is 17.2 Å². The van der Waals surface area contributed by atoms with Gasteiger partial charge in [0, 0.05) is 23.3 Å². The molecular weight excluding hydrogens is 514 g/mol. The van der Waals surface area contributed by atoms with Gasteiger partial charge in [-0.1, -0.05) is 59.6 Å². The Morgan fingerprint density at radius 1 is 0.882 bits per heavy atom. The zero-order valence-corrected chi connectivity index (χ0v) is 19.3. The molecule has 0 saturated carbocycles. The molecule has 0 spiro atoms. The zero-order valence-electron chi connectivity index (χ0n) is 16.9. The van der Waals surface area contributed by atoms with Gasteiger partial charge in [-0.05, 0) is 29.8 Å². The first-order chi connectivity index (χ1) is 16.1. The number of pyridine rings is 2. The minimum Gasteiger partial charge on any atom is -0.373 e. The predicted molar refractivity (Wildman–Crippen MR) is 124 cm³/mol. The second-order valence-electron chi connectivity index (χ2n) is 6.98. The fraction of sp³-hybridized carbons (Fsp3) is 0.0909. The molecule has 0 amide bonds. The van der Waals surface area contributed by atoms with Crippen LogP contribution in [0, 0.1) is 0 Å². The Labute approximate surface area is 202 Å². The minimum atomic E-state index is -6.01. The molecule has 34 heavy (non-hydrogen) atoms. The number of halogens is 5. The third-order valence-electron chi connectivity index (χ3n) is 4.80. The maximum Gasteiger partial charge on any atom is 0.534 e. The van der Waals surface area contributed by atoms with E-state index >= 15 is 0 Å². The highest BCUT2D eigenvalue weighted by molar-refractivity contribution is 7.88. The van der Waals surface area contributed by atoms with Crippen molar-refractivity contribution in [1.29, 1.82) is 0 Å². The molecule has 1 unspecified atom stereocenters. The molecule has 1 N–H and O–H groups in total. The van der Waals surface area contributed by atoms with Crippen LogP contribution in [0.25, 0.3) is 10.9 Å². The summed E-state index contributed by atoms with van der Waals surface area (Å²) in [5.74, 6) is -0.255. The van der Waals surface area contributed by atoms with E-state index in [0.717, 1.165) is 0 Å². The monoisotopic (exact) mass is 527 g/mol. The van der Waals surface area contributed by atoms with E-state index in [1.54, 1.807) is 54.6 Å². The van der Waals surface area contributed by atoms with Gasteiger partial charge in [-0.25, -0.2) is 4.98 Å². The first-order valence-corrected chi connectivity index (χ1v) is 11.7. The van der Waals surface area contributed by atoms with Gasteiger partial charge in [0.2, 0.25) is 0 Å². The van der Waals surface area contributed by atoms with E-state index in [4.69, 9.17) is 23.2 Å². The number of hydrogen-bond donors (Lipinski definition) is 1. The molecule has 0 fully saturated rings. The standard InChI is InChI=1S/C22H14Cl2F3N3O3S/c23-16-7-3-6-14(18(16)24)20(30-17-8-1-2-11-28-17)15-10-9-13-5-4-12-29-19(13)21(15)33-34(31,32)22(25,26)27/h1-12,20H,(H,28,30). The van der Waals surface area contributed by atoms with Crippen LogP contribution in [0.15, 0.2) is 73.1 Å². The van der Waals surface area contributed by atoms with Crippen LogP contribution < -0.4 is 9.50 Å². The smallest absolute Gasteiger partial charge is 0.373 e. The molecule has 2 heterocycles. The van der Waals surface area contributed by atoms with Crippen LogP contribution in [0.2, 0.25) is 10.0 Å². The van der Waals surface area contributed by atoms with Gasteiger partial charge in [0.15, 0.2) is 5.75 Å². The Morgan fingerprint density at radius 3 is 2.35 bits per heavy atom. The van der Waals surface area contributed by atoms with E-state index in [1.807, 2.05) is 0 Å². The molecule has 4 aromatic rings. The highest BCUT2D eigenvalue weighted by Gasteiger charge is 2.49. The van der Waals surface area contributed by atoms with Crippen LogP contribution in [-0.4, -0.2) is 23.9 Å². The summed E-state index contributed by atoms with van der Waals surface area (Å²) in [4.78, 5) is 8.26. The zero-order chi connectivity index (χ0) is 24.5. The maximum absolute atomic E-state index is 13.2. The molecule has 0 saturated heterocycles. The number of nitrogens with one attached hydrogen (secondary N) is 1. The summed E-state index contributed by atoms with van der Waals surface area (Å²) in [6.07, 6.45) is 2.82. The van der Waals surface area contributed by atoms with Crippen LogP contribution in [-0.2, 0) is 10.1 Å². The van der Waals surface area contributed by atoms with Crippen molar-refractivity contribution in [2.75, 3.05) is 5.32 Å². The van der Waals surface area contributed by atoms with Crippen molar-refractivity contribution in [3.63, 3.8) is 0 Å². The fourth-order valence-corrected chi connectivity index (χ4v) is 4.17. The molecule has 12 heteroatoms. The molecule has 0 bridgehead atoms. The summed E-state index contributed by atoms with van der Waals surface area (Å²) in [6.45, 7) is 0. The Kier molecular flexibility index (Phi) is 6.57. The summed E-state index contributed by atoms with van der Waals surface area (Å²) >= 11 is 12.6. The lowest BCUT2D eigenvalue weighted by atomic mass is 9.96. The molecule has 176 valence electrons. The third-order valence-corrected chi connectivity index (χ3v) is 6.58. The number of alkyl halides is 3. The van der Waals surface area contributed by atoms with E-state index < -0.39 is 27.4 Å². The van der Waals surface area contributed by atoms with Gasteiger partial charge in [0.05, 0.1) is 16.1 Å². The van der Waals surface area contributed by atoms with Gasteiger partial charge in [0.1, 0.15) is 11.3 Å². The van der Waals surface area contributed by atoms with Crippen LogP contribution in [0.5, 0.6) is 5.75 Å². The molecule has 2 aromatic heterocycles. The van der Waals surface area contributed by atoms with Gasteiger partial charge in [-0.2, -0.15) is 21.6 Å². The van der Waals surface area contributed by atoms with Crippen molar-refractivity contribution in [3.05, 3.63) is 94.2 Å². The van der Waals surface area contributed by atoms with Gasteiger partial charge in [-0.15, -0.1) is 0 Å². The van der Waals surface area contributed by atoms with Crippen LogP contribution >= 0.6 is 23.2 Å². The van der Waals surface area contributed by atoms with Crippen LogP contribution in [0.3, 0.4) is 0 Å². The molecule has 1 atom stereocenters. The molecule has 2 aromatic carbocycles. The number of benzene rings is 2. The van der Waals surface area contributed by atoms with Crippen molar-refractivity contribution < 1.29 is 25.8 Å². The Hall–Kier alpha value is -3.08. The molecule has 6 nitrogen and oxygen atoms in total. The van der Waals surface area contributed by atoms with Crippen molar-refractivity contribution in [1.82, 2.24) is 9.97 Å². The average Bonchev–Trinajstić information content (AvgIpc) is 2.80. The number of aromatic nitrogens is 2.